The molecule has 9 rings (SSSR count). The second-order valence-electron chi connectivity index (χ2n) is 17.8. The van der Waals surface area contributed by atoms with Crippen molar-refractivity contribution in [2.24, 2.45) is 0 Å². The maximum absolute atomic E-state index is 11.6. The molecule has 67 heteroatoms. The number of nitrogen functional groups attached to an aromatic ring is 3. The van der Waals surface area contributed by atoms with Crippen LogP contribution in [0.1, 0.15) is 18.7 Å². The van der Waals surface area contributed by atoms with Gasteiger partial charge in [0, 0.05) is 0 Å². The van der Waals surface area contributed by atoms with E-state index in [1.165, 1.54) is 13.7 Å². The molecule has 6 aromatic heterocycles. The molecule has 3 aliphatic heterocycles. The molecule has 546 valence electrons. The molecule has 0 saturated carbocycles. The molecule has 9 heterocycles. The van der Waals surface area contributed by atoms with Gasteiger partial charge in [-0.1, -0.05) is 0 Å². The van der Waals surface area contributed by atoms with Gasteiger partial charge in [0.1, 0.15) is 90.5 Å². The normalized spacial score (nSPS) is 27.3. The van der Waals surface area contributed by atoms with E-state index in [0.29, 0.717) is 0 Å². The molecular weight excluding hydrogens is 1710 g/mol. The molecule has 3 fully saturated rings. The number of aliphatic hydroxyl groups is 6. The molecule has 6 aromatic rings. The Balaban J connectivity index is 0.000000371. The summed E-state index contributed by atoms with van der Waals surface area (Å²) in [5.41, 5.74) is 17.8. The Labute approximate surface area is 576 Å². The quantitative estimate of drug-likeness (QED) is 0.0254. The van der Waals surface area contributed by atoms with Crippen molar-refractivity contribution in [2.75, 3.05) is 37.0 Å². The van der Waals surface area contributed by atoms with Gasteiger partial charge in [-0.3, -0.25) is 54.0 Å². The minimum atomic E-state index is -6.14. The molecular formula is C30H36Co4N15O39P9. The minimum absolute atomic E-state index is 0. The fourth-order valence-corrected chi connectivity index (χ4v) is 16.4. The molecule has 54 nitrogen and oxygen atoms in total. The molecule has 12 N–H and O–H groups in total. The Morgan fingerprint density at radius 1 is 0.351 bits per heavy atom. The number of fused-ring (bicyclic) bond motifs is 3. The average molecular weight is 1750 g/mol. The van der Waals surface area contributed by atoms with Crippen molar-refractivity contribution < 1.29 is 251 Å². The van der Waals surface area contributed by atoms with E-state index in [4.69, 9.17) is 31.4 Å². The smallest absolute Gasteiger partial charge is 0.790 e. The molecule has 97 heavy (non-hydrogen) atoms. The summed E-state index contributed by atoms with van der Waals surface area (Å²) in [5, 5.41) is 61.0. The van der Waals surface area contributed by atoms with Crippen LogP contribution in [-0.4, -0.2) is 164 Å². The maximum Gasteiger partial charge on any atom is 3.00 e. The summed E-state index contributed by atoms with van der Waals surface area (Å²) in [6, 6.07) is 0. The first-order chi connectivity index (χ1) is 42.6. The number of aliphatic hydroxyl groups excluding tert-OH is 6. The summed E-state index contributed by atoms with van der Waals surface area (Å²) < 4.78 is 151. The van der Waals surface area contributed by atoms with Crippen LogP contribution in [0.5, 0.6) is 0 Å². The second kappa shape index (κ2) is 34.2. The largest absolute Gasteiger partial charge is 3.00 e. The van der Waals surface area contributed by atoms with Crippen molar-refractivity contribution in [3.05, 3.63) is 38.0 Å². The van der Waals surface area contributed by atoms with Crippen LogP contribution in [0.4, 0.5) is 17.5 Å². The van der Waals surface area contributed by atoms with Gasteiger partial charge in [-0.15, -0.1) is 0 Å². The molecule has 0 radical (unpaired) electrons. The Morgan fingerprint density at radius 2 is 0.567 bits per heavy atom. The molecule has 3 aliphatic rings. The van der Waals surface area contributed by atoms with E-state index in [-0.39, 0.29) is 118 Å². The number of nitrogens with zero attached hydrogens (tertiary/aromatic N) is 12. The topological polar surface area (TPSA) is 871 Å². The molecule has 18 atom stereocenters. The standard InChI is InChI=1S/3C10H16N5O13P3.4Co/c3*11-8-5-9(13-2-12-8)15(3-14-5)10-7(17)6(16)4(26-10)1-25-30(21,22)28-31(23,24)27-29(18,19)20;;;;/h3*2-4,6-7,10,16-17H,1H2,(H,21,22)(H,23,24)(H2,11,12,13)(H2,18,19,20);;;;/q;;;4*+3/p-12/t3*4-,6-,7-,10-;;;;/m111..../s1. The summed E-state index contributed by atoms with van der Waals surface area (Å²) in [6.07, 6.45) is -12.0. The van der Waals surface area contributed by atoms with Gasteiger partial charge in [-0.25, -0.2) is 57.8 Å². The Bertz CT molecular complexity index is 3750. The number of nitrogens with two attached hydrogens (primary N) is 3. The second-order valence-corrected chi connectivity index (χ2v) is 30.5. The van der Waals surface area contributed by atoms with E-state index in [1.54, 1.807) is 0 Å². The third-order valence-corrected chi connectivity index (χ3v) is 22.4. The van der Waals surface area contributed by atoms with E-state index < -0.39 is 164 Å². The number of imidazole rings is 3. The molecule has 0 amide bonds. The van der Waals surface area contributed by atoms with E-state index >= 15 is 0 Å². The van der Waals surface area contributed by atoms with Crippen molar-refractivity contribution in [3.63, 3.8) is 0 Å². The number of anilines is 3. The molecule has 0 spiro atoms. The number of rotatable bonds is 24. The van der Waals surface area contributed by atoms with Crippen molar-refractivity contribution in [1.82, 2.24) is 58.6 Å². The molecule has 3 saturated heterocycles. The van der Waals surface area contributed by atoms with Gasteiger partial charge in [-0.2, -0.15) is 0 Å². The van der Waals surface area contributed by atoms with Crippen LogP contribution in [0.25, 0.3) is 33.5 Å². The van der Waals surface area contributed by atoms with E-state index in [2.05, 4.69) is 84.3 Å². The van der Waals surface area contributed by atoms with Crippen LogP contribution in [0.15, 0.2) is 38.0 Å². The summed E-state index contributed by atoms with van der Waals surface area (Å²) in [6.45, 7) is -3.23. The van der Waals surface area contributed by atoms with Crippen molar-refractivity contribution >= 4 is 121 Å². The third-order valence-electron chi connectivity index (χ3n) is 11.4. The Morgan fingerprint density at radius 3 is 0.773 bits per heavy atom. The Hall–Kier alpha value is -2.05. The number of aromatic nitrogens is 12. The number of hydrogen-bond donors (Lipinski definition) is 9. The molecule has 6 unspecified atom stereocenters. The third kappa shape index (κ3) is 24.3. The van der Waals surface area contributed by atoms with Crippen LogP contribution >= 0.6 is 70.4 Å². The average Bonchev–Trinajstić information content (AvgIpc) is 1.63. The van der Waals surface area contributed by atoms with Gasteiger partial charge in [0.25, 0.3) is 46.9 Å². The SMILES string of the molecule is Nc1ncnc2c1ncn2[C@@H]1O[C@H](COP(=O)([O-])OP(=O)([O-])OP(=O)([O-])[O-])[C@@H](O)[C@H]1O.Nc1ncnc2c1ncn2[C@@H]1O[C@H](COP(=O)([O-])OP(=O)([O-])OP(=O)([O-])[O-])[C@@H](O)[C@H]1O.Nc1ncnc2c1ncn2[C@@H]1O[C@H](COP(=O)([O-])OP(=O)([O-])OP(=O)([O-])[O-])[C@@H](O)[C@H]1O.[Co+3].[Co+3].[Co+3].[Co+3]. The predicted molar refractivity (Wildman–Crippen MR) is 260 cm³/mol. The number of phosphoric ester groups is 3. The minimum Gasteiger partial charge on any atom is -0.790 e. The van der Waals surface area contributed by atoms with Gasteiger partial charge < -0.3 is 148 Å². The Kier molecular flexibility index (Phi) is 31.5. The number of phosphoric acid groups is 9. The summed E-state index contributed by atoms with van der Waals surface area (Å²) in [7, 11) is -54.2. The van der Waals surface area contributed by atoms with Crippen molar-refractivity contribution in [1.29, 1.82) is 0 Å². The fourth-order valence-electron chi connectivity index (χ4n) is 7.80. The molecule has 0 aromatic carbocycles. The predicted octanol–water partition coefficient (Wildman–Crippen LogP) is -12.5. The zero-order valence-corrected chi connectivity index (χ0v) is 57.8. The first-order valence-corrected chi connectivity index (χ1v) is 36.7. The van der Waals surface area contributed by atoms with Crippen LogP contribution in [0.2, 0.25) is 0 Å². The van der Waals surface area contributed by atoms with Crippen LogP contribution < -0.4 is 75.9 Å². The van der Waals surface area contributed by atoms with Gasteiger partial charge in [-0.05, 0) is 0 Å². The zero-order valence-electron chi connectivity index (χ0n) is 45.6. The van der Waals surface area contributed by atoms with Gasteiger partial charge in [0.2, 0.25) is 0 Å². The monoisotopic (exact) mass is 1740 g/mol. The maximum atomic E-state index is 11.6. The van der Waals surface area contributed by atoms with E-state index in [1.807, 2.05) is 0 Å². The zero-order chi connectivity index (χ0) is 69.6. The van der Waals surface area contributed by atoms with Crippen molar-refractivity contribution in [2.45, 2.75) is 73.6 Å². The number of hydrogen-bond acceptors (Lipinski definition) is 51. The summed E-state index contributed by atoms with van der Waals surface area (Å²) >= 11 is 0. The fraction of sp³-hybridized carbons (Fsp3) is 0.500. The summed E-state index contributed by atoms with van der Waals surface area (Å²) in [5.74, 6) is 0.0586. The summed E-state index contributed by atoms with van der Waals surface area (Å²) in [4.78, 5) is 165. The molecule has 0 bridgehead atoms. The van der Waals surface area contributed by atoms with Gasteiger partial charge >= 0.3 is 67.1 Å². The van der Waals surface area contributed by atoms with Crippen LogP contribution in [0.3, 0.4) is 0 Å². The van der Waals surface area contributed by atoms with E-state index in [0.717, 1.165) is 38.0 Å². The van der Waals surface area contributed by atoms with Crippen molar-refractivity contribution in [3.8, 4) is 0 Å². The van der Waals surface area contributed by atoms with Gasteiger partial charge in [0.05, 0.1) is 62.3 Å². The first kappa shape index (κ1) is 89.2. The van der Waals surface area contributed by atoms with E-state index in [9.17, 15) is 130 Å². The first-order valence-electron chi connectivity index (χ1n) is 23.5. The molecule has 0 aliphatic carbocycles. The van der Waals surface area contributed by atoms with Gasteiger partial charge in [0.15, 0.2) is 53.1 Å². The van der Waals surface area contributed by atoms with Crippen LogP contribution in [-0.2, 0) is 162 Å². The number of ether oxygens (including phenoxy) is 3. The van der Waals surface area contributed by atoms with Crippen LogP contribution in [0, 0.1) is 0 Å².